The summed E-state index contributed by atoms with van der Waals surface area (Å²) in [4.78, 5) is 33.1. The summed E-state index contributed by atoms with van der Waals surface area (Å²) in [5, 5.41) is 12.4. The van der Waals surface area contributed by atoms with Gasteiger partial charge in [-0.3, -0.25) is 14.9 Å². The largest absolute Gasteiger partial charge is 0.494 e. The van der Waals surface area contributed by atoms with Crippen molar-refractivity contribution in [1.82, 2.24) is 15.1 Å². The molecule has 1 aliphatic carbocycles. The summed E-state index contributed by atoms with van der Waals surface area (Å²) in [5.74, 6) is 2.07. The molecule has 8 heteroatoms. The van der Waals surface area contributed by atoms with Crippen molar-refractivity contribution >= 4 is 23.5 Å². The Bertz CT molecular complexity index is 897. The average molecular weight is 471 g/mol. The molecule has 0 aromatic heterocycles. The molecule has 2 heterocycles. The quantitative estimate of drug-likeness (QED) is 0.457. The Morgan fingerprint density at radius 1 is 1.29 bits per heavy atom. The lowest BCUT2D eigenvalue weighted by Crippen LogP contribution is -2.45. The van der Waals surface area contributed by atoms with Crippen LogP contribution in [0.1, 0.15) is 70.3 Å². The molecule has 1 saturated heterocycles. The van der Waals surface area contributed by atoms with E-state index < -0.39 is 0 Å². The zero-order valence-electron chi connectivity index (χ0n) is 20.3. The van der Waals surface area contributed by atoms with Gasteiger partial charge in [0.25, 0.3) is 0 Å². The van der Waals surface area contributed by atoms with Gasteiger partial charge in [-0.15, -0.1) is 0 Å². The summed E-state index contributed by atoms with van der Waals surface area (Å²) in [7, 11) is 0. The van der Waals surface area contributed by atoms with Crippen molar-refractivity contribution in [1.29, 1.82) is 0 Å². The third-order valence-corrected chi connectivity index (χ3v) is 7.17. The number of aliphatic hydroxyl groups is 1. The van der Waals surface area contributed by atoms with Crippen LogP contribution < -0.4 is 10.1 Å². The molecule has 2 aliphatic heterocycles. The van der Waals surface area contributed by atoms with Crippen molar-refractivity contribution in [3.63, 3.8) is 0 Å². The predicted octanol–water partition coefficient (Wildman–Crippen LogP) is 3.35. The number of hydrogen-bond donors (Lipinski definition) is 2. The first kappa shape index (κ1) is 24.5. The molecule has 186 valence electrons. The molecule has 8 nitrogen and oxygen atoms in total. The summed E-state index contributed by atoms with van der Waals surface area (Å²) in [6, 6.07) is 6.12. The molecular formula is C26H38N4O4. The van der Waals surface area contributed by atoms with Crippen LogP contribution in [0.4, 0.5) is 5.69 Å². The number of amides is 2. The smallest absolute Gasteiger partial charge is 0.246 e. The van der Waals surface area contributed by atoms with Crippen LogP contribution in [0.3, 0.4) is 0 Å². The molecule has 1 saturated carbocycles. The number of rotatable bonds is 12. The number of nitrogens with one attached hydrogen (secondary N) is 1. The fourth-order valence-electron chi connectivity index (χ4n) is 5.49. The maximum absolute atomic E-state index is 13.0. The highest BCUT2D eigenvalue weighted by atomic mass is 16.5. The number of aliphatic imine (C=N–C) groups is 1. The Labute approximate surface area is 202 Å². The minimum atomic E-state index is -0.0283. The van der Waals surface area contributed by atoms with Crippen molar-refractivity contribution in [2.45, 2.75) is 77.3 Å². The Morgan fingerprint density at radius 2 is 2.12 bits per heavy atom. The summed E-state index contributed by atoms with van der Waals surface area (Å²) < 4.78 is 5.93. The molecular weight excluding hydrogens is 432 g/mol. The van der Waals surface area contributed by atoms with Gasteiger partial charge in [-0.2, -0.15) is 0 Å². The van der Waals surface area contributed by atoms with Crippen LogP contribution in [-0.2, 0) is 16.1 Å². The number of ether oxygens (including phenoxy) is 1. The number of benzene rings is 1. The Morgan fingerprint density at radius 3 is 2.88 bits per heavy atom. The zero-order valence-corrected chi connectivity index (χ0v) is 20.3. The van der Waals surface area contributed by atoms with Gasteiger partial charge >= 0.3 is 0 Å². The number of aliphatic hydroxyl groups excluding tert-OH is 1. The number of unbranched alkanes of at least 4 members (excludes halogenated alkanes) is 1. The highest BCUT2D eigenvalue weighted by Gasteiger charge is 2.31. The van der Waals surface area contributed by atoms with Gasteiger partial charge in [-0.1, -0.05) is 32.3 Å². The Balaban J connectivity index is 1.24. The van der Waals surface area contributed by atoms with E-state index >= 15 is 0 Å². The fourth-order valence-corrected chi connectivity index (χ4v) is 5.49. The van der Waals surface area contributed by atoms with Crippen molar-refractivity contribution < 1.29 is 19.4 Å². The third-order valence-electron chi connectivity index (χ3n) is 7.17. The van der Waals surface area contributed by atoms with E-state index in [1.165, 1.54) is 25.7 Å². The van der Waals surface area contributed by atoms with Gasteiger partial charge in [0.05, 0.1) is 18.9 Å². The van der Waals surface area contributed by atoms with Crippen LogP contribution in [0.15, 0.2) is 23.2 Å². The number of carbonyl (C=O) groups is 2. The summed E-state index contributed by atoms with van der Waals surface area (Å²) in [5.41, 5.74) is 1.90. The van der Waals surface area contributed by atoms with E-state index in [9.17, 15) is 14.7 Å². The van der Waals surface area contributed by atoms with Crippen LogP contribution >= 0.6 is 0 Å². The van der Waals surface area contributed by atoms with E-state index in [0.29, 0.717) is 44.5 Å². The molecule has 34 heavy (non-hydrogen) atoms. The molecule has 4 rings (SSSR count). The van der Waals surface area contributed by atoms with Gasteiger partial charge in [-0.25, -0.2) is 4.99 Å². The Kier molecular flexibility index (Phi) is 8.43. The first-order valence-corrected chi connectivity index (χ1v) is 12.9. The highest BCUT2D eigenvalue weighted by Crippen LogP contribution is 2.33. The molecule has 0 spiro atoms. The van der Waals surface area contributed by atoms with E-state index in [0.717, 1.165) is 42.7 Å². The van der Waals surface area contributed by atoms with Crippen LogP contribution in [0.5, 0.6) is 5.75 Å². The SMILES string of the molecule is CCCC(C1CCCC1)N(CCO)C(=O)CCCCOc1ccc2c(c1)N=C1NC(=O)CN1C2. The highest BCUT2D eigenvalue weighted by molar-refractivity contribution is 6.05. The summed E-state index contributed by atoms with van der Waals surface area (Å²) in [6.45, 7) is 4.18. The molecule has 2 fully saturated rings. The van der Waals surface area contributed by atoms with Gasteiger partial charge in [0.1, 0.15) is 12.3 Å². The van der Waals surface area contributed by atoms with E-state index in [1.54, 1.807) is 0 Å². The lowest BCUT2D eigenvalue weighted by Gasteiger charge is -2.35. The fraction of sp³-hybridized carbons (Fsp3) is 0.654. The second-order valence-corrected chi connectivity index (χ2v) is 9.65. The lowest BCUT2D eigenvalue weighted by atomic mass is 9.92. The molecule has 0 radical (unpaired) electrons. The minimum absolute atomic E-state index is 0.0196. The second-order valence-electron chi connectivity index (χ2n) is 9.65. The molecule has 0 bridgehead atoms. The maximum Gasteiger partial charge on any atom is 0.246 e. The lowest BCUT2D eigenvalue weighted by molar-refractivity contribution is -0.135. The van der Waals surface area contributed by atoms with Gasteiger partial charge < -0.3 is 19.6 Å². The van der Waals surface area contributed by atoms with Crippen molar-refractivity contribution in [3.05, 3.63) is 23.8 Å². The molecule has 2 N–H and O–H groups in total. The predicted molar refractivity (Wildman–Crippen MR) is 131 cm³/mol. The molecule has 1 unspecified atom stereocenters. The standard InChI is InChI=1S/C26H38N4O4/c1-2-7-23(19-8-3-4-9-19)30(13-14-31)25(33)10-5-6-15-34-21-12-11-20-17-29-18-24(32)28-26(29)27-22(20)16-21/h11-12,16,19,23,31H,2-10,13-15,17-18H2,1H3,(H,27,28,32). The number of hydrogen-bond acceptors (Lipinski definition) is 6. The summed E-state index contributed by atoms with van der Waals surface area (Å²) in [6.07, 6.45) is 9.02. The van der Waals surface area contributed by atoms with Crippen LogP contribution in [-0.4, -0.2) is 65.0 Å². The van der Waals surface area contributed by atoms with Gasteiger partial charge in [0, 0.05) is 31.6 Å². The van der Waals surface area contributed by atoms with Crippen LogP contribution in [0.2, 0.25) is 0 Å². The van der Waals surface area contributed by atoms with Gasteiger partial charge in [-0.05, 0) is 49.7 Å². The van der Waals surface area contributed by atoms with E-state index in [-0.39, 0.29) is 24.5 Å². The maximum atomic E-state index is 13.0. The molecule has 1 atom stereocenters. The molecule has 3 aliphatic rings. The van der Waals surface area contributed by atoms with Crippen molar-refractivity contribution in [2.24, 2.45) is 10.9 Å². The van der Waals surface area contributed by atoms with Gasteiger partial charge in [0.15, 0.2) is 0 Å². The first-order chi connectivity index (χ1) is 16.6. The van der Waals surface area contributed by atoms with Crippen LogP contribution in [0, 0.1) is 5.92 Å². The number of carbonyl (C=O) groups excluding carboxylic acids is 2. The molecule has 1 aromatic rings. The third kappa shape index (κ3) is 5.90. The monoisotopic (exact) mass is 470 g/mol. The zero-order chi connectivity index (χ0) is 23.9. The molecule has 2 amide bonds. The number of fused-ring (bicyclic) bond motifs is 2. The topological polar surface area (TPSA) is 94.5 Å². The Hall–Kier alpha value is -2.61. The van der Waals surface area contributed by atoms with Crippen molar-refractivity contribution in [3.8, 4) is 5.75 Å². The second kappa shape index (κ2) is 11.7. The van der Waals surface area contributed by atoms with Gasteiger partial charge in [0.2, 0.25) is 17.8 Å². The normalized spacial score (nSPS) is 18.2. The average Bonchev–Trinajstić information content (AvgIpc) is 3.48. The first-order valence-electron chi connectivity index (χ1n) is 12.9. The molecule has 1 aromatic carbocycles. The number of nitrogens with zero attached hydrogens (tertiary/aromatic N) is 3. The van der Waals surface area contributed by atoms with Crippen molar-refractivity contribution in [2.75, 3.05) is 26.3 Å². The van der Waals surface area contributed by atoms with Crippen LogP contribution in [0.25, 0.3) is 0 Å². The minimum Gasteiger partial charge on any atom is -0.494 e. The summed E-state index contributed by atoms with van der Waals surface area (Å²) >= 11 is 0. The number of guanidine groups is 1. The van der Waals surface area contributed by atoms with E-state index in [1.807, 2.05) is 28.0 Å². The van der Waals surface area contributed by atoms with E-state index in [4.69, 9.17) is 4.74 Å². The van der Waals surface area contributed by atoms with E-state index in [2.05, 4.69) is 17.2 Å².